The van der Waals surface area contributed by atoms with Crippen LogP contribution < -0.4 is 0 Å². The molecule has 0 bridgehead atoms. The number of benzene rings is 1. The normalized spacial score (nSPS) is 14.6. The second-order valence-corrected chi connectivity index (χ2v) is 5.67. The Kier molecular flexibility index (Phi) is 5.75. The second-order valence-electron chi connectivity index (χ2n) is 3.82. The van der Waals surface area contributed by atoms with Gasteiger partial charge in [-0.2, -0.15) is 0 Å². The maximum atomic E-state index is 11.7. The van der Waals surface area contributed by atoms with Crippen molar-refractivity contribution in [2.45, 2.75) is 32.3 Å². The topological polar surface area (TPSA) is 46.5 Å². The van der Waals surface area contributed by atoms with Crippen LogP contribution in [0, 0.1) is 0 Å². The smallest absolute Gasteiger partial charge is 0.324 e. The summed E-state index contributed by atoms with van der Waals surface area (Å²) in [5.41, 5.74) is 0.837. The molecular formula is C12H19O3P. The third-order valence-corrected chi connectivity index (χ3v) is 3.62. The fourth-order valence-electron chi connectivity index (χ4n) is 1.42. The van der Waals surface area contributed by atoms with E-state index in [4.69, 9.17) is 4.52 Å². The third-order valence-electron chi connectivity index (χ3n) is 2.27. The zero-order valence-electron chi connectivity index (χ0n) is 9.63. The lowest BCUT2D eigenvalue weighted by molar-refractivity contribution is 0.252. The van der Waals surface area contributed by atoms with Crippen LogP contribution in [-0.2, 0) is 15.3 Å². The van der Waals surface area contributed by atoms with Gasteiger partial charge in [-0.05, 0) is 12.0 Å². The highest BCUT2D eigenvalue weighted by atomic mass is 31.2. The highest BCUT2D eigenvalue weighted by Gasteiger charge is 2.19. The van der Waals surface area contributed by atoms with Gasteiger partial charge in [-0.15, -0.1) is 0 Å². The van der Waals surface area contributed by atoms with Crippen molar-refractivity contribution in [2.24, 2.45) is 0 Å². The molecule has 0 aliphatic rings. The van der Waals surface area contributed by atoms with Gasteiger partial charge in [-0.25, -0.2) is 0 Å². The average Bonchev–Trinajstić information content (AvgIpc) is 2.25. The zero-order chi connectivity index (χ0) is 11.9. The molecule has 3 nitrogen and oxygen atoms in total. The molecule has 1 N–H and O–H groups in total. The number of hydrogen-bond donors (Lipinski definition) is 1. The molecule has 0 spiro atoms. The molecule has 16 heavy (non-hydrogen) atoms. The van der Waals surface area contributed by atoms with Crippen LogP contribution in [0.5, 0.6) is 0 Å². The summed E-state index contributed by atoms with van der Waals surface area (Å²) in [6.07, 6.45) is 3.05. The van der Waals surface area contributed by atoms with Crippen molar-refractivity contribution in [2.75, 3.05) is 6.61 Å². The summed E-state index contributed by atoms with van der Waals surface area (Å²) in [5.74, 6) is 0. The van der Waals surface area contributed by atoms with Crippen LogP contribution in [0.3, 0.4) is 0 Å². The first-order valence-electron chi connectivity index (χ1n) is 5.64. The molecule has 1 aromatic carbocycles. The summed E-state index contributed by atoms with van der Waals surface area (Å²) in [5, 5.41) is 0. The summed E-state index contributed by atoms with van der Waals surface area (Å²) in [6, 6.07) is 9.25. The third kappa shape index (κ3) is 5.45. The van der Waals surface area contributed by atoms with Gasteiger partial charge < -0.3 is 9.42 Å². The summed E-state index contributed by atoms with van der Waals surface area (Å²) in [4.78, 5) is 9.60. The van der Waals surface area contributed by atoms with Crippen LogP contribution in [0.1, 0.15) is 31.7 Å². The molecule has 0 aromatic heterocycles. The first-order valence-corrected chi connectivity index (χ1v) is 7.40. The Labute approximate surface area is 97.0 Å². The molecule has 0 aliphatic carbocycles. The molecule has 0 aliphatic heterocycles. The molecule has 90 valence electrons. The van der Waals surface area contributed by atoms with E-state index in [0.29, 0.717) is 6.61 Å². The Morgan fingerprint density at radius 2 is 1.94 bits per heavy atom. The van der Waals surface area contributed by atoms with E-state index in [0.717, 1.165) is 24.8 Å². The van der Waals surface area contributed by atoms with Crippen LogP contribution in [-0.4, -0.2) is 11.5 Å². The number of unbranched alkanes of at least 4 members (excludes halogenated alkanes) is 2. The largest absolute Gasteiger partial charge is 0.332 e. The first-order chi connectivity index (χ1) is 7.64. The zero-order valence-corrected chi connectivity index (χ0v) is 10.5. The Hall–Kier alpha value is -0.630. The summed E-state index contributed by atoms with van der Waals surface area (Å²) >= 11 is 0. The van der Waals surface area contributed by atoms with Crippen LogP contribution >= 0.6 is 7.60 Å². The van der Waals surface area contributed by atoms with E-state index in [-0.39, 0.29) is 6.16 Å². The van der Waals surface area contributed by atoms with Gasteiger partial charge in [0.25, 0.3) is 0 Å². The van der Waals surface area contributed by atoms with Crippen molar-refractivity contribution in [3.8, 4) is 0 Å². The molecule has 4 heteroatoms. The second kappa shape index (κ2) is 6.85. The number of rotatable bonds is 7. The van der Waals surface area contributed by atoms with Crippen molar-refractivity contribution in [1.82, 2.24) is 0 Å². The monoisotopic (exact) mass is 242 g/mol. The summed E-state index contributed by atoms with van der Waals surface area (Å²) in [6.45, 7) is 2.46. The molecular weight excluding hydrogens is 223 g/mol. The standard InChI is InChI=1S/C12H19O3P/c1-2-3-7-10-15-16(13,14)11-12-8-5-4-6-9-12/h4-6,8-9H,2-3,7,10-11H2,1H3,(H,13,14). The molecule has 0 saturated carbocycles. The van der Waals surface area contributed by atoms with Crippen molar-refractivity contribution in [1.29, 1.82) is 0 Å². The van der Waals surface area contributed by atoms with Crippen molar-refractivity contribution in [3.05, 3.63) is 35.9 Å². The van der Waals surface area contributed by atoms with Gasteiger partial charge in [-0.3, -0.25) is 4.57 Å². The average molecular weight is 242 g/mol. The Bertz CT molecular complexity index is 337. The Morgan fingerprint density at radius 3 is 2.56 bits per heavy atom. The number of hydrogen-bond acceptors (Lipinski definition) is 2. The minimum atomic E-state index is -3.45. The Morgan fingerprint density at radius 1 is 1.25 bits per heavy atom. The molecule has 0 radical (unpaired) electrons. The molecule has 0 saturated heterocycles. The van der Waals surface area contributed by atoms with E-state index in [1.54, 1.807) is 0 Å². The lowest BCUT2D eigenvalue weighted by Gasteiger charge is -2.11. The van der Waals surface area contributed by atoms with E-state index in [1.165, 1.54) is 0 Å². The van der Waals surface area contributed by atoms with Gasteiger partial charge in [0.05, 0.1) is 12.8 Å². The minimum Gasteiger partial charge on any atom is -0.324 e. The van der Waals surface area contributed by atoms with Gasteiger partial charge in [0, 0.05) is 0 Å². The Balaban J connectivity index is 2.37. The molecule has 1 atom stereocenters. The molecule has 1 rings (SSSR count). The first kappa shape index (κ1) is 13.4. The van der Waals surface area contributed by atoms with Crippen LogP contribution in [0.2, 0.25) is 0 Å². The fraction of sp³-hybridized carbons (Fsp3) is 0.500. The van der Waals surface area contributed by atoms with E-state index >= 15 is 0 Å². The summed E-state index contributed by atoms with van der Waals surface area (Å²) in [7, 11) is -3.45. The maximum absolute atomic E-state index is 11.7. The van der Waals surface area contributed by atoms with Gasteiger partial charge in [0.15, 0.2) is 0 Å². The molecule has 1 aromatic rings. The van der Waals surface area contributed by atoms with E-state index in [2.05, 4.69) is 6.92 Å². The molecule has 0 fully saturated rings. The lowest BCUT2D eigenvalue weighted by atomic mass is 10.2. The highest BCUT2D eigenvalue weighted by molar-refractivity contribution is 7.51. The van der Waals surface area contributed by atoms with Crippen molar-refractivity contribution < 1.29 is 14.0 Å². The van der Waals surface area contributed by atoms with Gasteiger partial charge in [-0.1, -0.05) is 50.1 Å². The van der Waals surface area contributed by atoms with Gasteiger partial charge in [0.2, 0.25) is 0 Å². The predicted octanol–water partition coefficient (Wildman–Crippen LogP) is 3.58. The minimum absolute atomic E-state index is 0.0972. The maximum Gasteiger partial charge on any atom is 0.332 e. The van der Waals surface area contributed by atoms with Crippen LogP contribution in [0.25, 0.3) is 0 Å². The van der Waals surface area contributed by atoms with E-state index in [1.807, 2.05) is 30.3 Å². The fourth-order valence-corrected chi connectivity index (χ4v) is 2.60. The van der Waals surface area contributed by atoms with Crippen molar-refractivity contribution >= 4 is 7.60 Å². The van der Waals surface area contributed by atoms with Crippen molar-refractivity contribution in [3.63, 3.8) is 0 Å². The predicted molar refractivity (Wildman–Crippen MR) is 65.4 cm³/mol. The van der Waals surface area contributed by atoms with Gasteiger partial charge in [0.1, 0.15) is 0 Å². The molecule has 0 amide bonds. The van der Waals surface area contributed by atoms with Gasteiger partial charge >= 0.3 is 7.60 Å². The van der Waals surface area contributed by atoms with Crippen LogP contribution in [0.15, 0.2) is 30.3 Å². The molecule has 1 unspecified atom stereocenters. The summed E-state index contributed by atoms with van der Waals surface area (Å²) < 4.78 is 16.7. The quantitative estimate of drug-likeness (QED) is 0.587. The van der Waals surface area contributed by atoms with E-state index in [9.17, 15) is 9.46 Å². The SMILES string of the molecule is CCCCCOP(=O)(O)Cc1ccccc1. The molecule has 0 heterocycles. The highest BCUT2D eigenvalue weighted by Crippen LogP contribution is 2.45. The lowest BCUT2D eigenvalue weighted by Crippen LogP contribution is -1.96. The van der Waals surface area contributed by atoms with Crippen LogP contribution in [0.4, 0.5) is 0 Å². The van der Waals surface area contributed by atoms with E-state index < -0.39 is 7.60 Å².